The number of hydrogen-bond donors (Lipinski definition) is 6. The number of hydrogen-bond acceptors (Lipinski definition) is 8. The molecule has 0 aliphatic heterocycles. The van der Waals surface area contributed by atoms with Crippen LogP contribution in [-0.4, -0.2) is 32.2 Å². The van der Waals surface area contributed by atoms with Crippen LogP contribution in [0.2, 0.25) is 0 Å². The molecule has 5 aromatic rings. The van der Waals surface area contributed by atoms with Crippen molar-refractivity contribution in [2.75, 3.05) is 10.6 Å². The van der Waals surface area contributed by atoms with E-state index in [1.165, 1.54) is 60.7 Å². The Morgan fingerprint density at radius 3 is 1.32 bits per heavy atom. The summed E-state index contributed by atoms with van der Waals surface area (Å²) in [4.78, 5) is 38.4. The maximum absolute atomic E-state index is 13.3. The van der Waals surface area contributed by atoms with Gasteiger partial charge in [-0.2, -0.15) is 0 Å². The molecule has 1 aromatic heterocycles. The van der Waals surface area contributed by atoms with Crippen LogP contribution in [0.3, 0.4) is 0 Å². The summed E-state index contributed by atoms with van der Waals surface area (Å²) < 4.78 is 5.82. The molecule has 6 N–H and O–H groups in total. The summed E-state index contributed by atoms with van der Waals surface area (Å²) >= 11 is 0. The Morgan fingerprint density at radius 2 is 0.946 bits per heavy atom. The van der Waals surface area contributed by atoms with E-state index in [1.54, 1.807) is 0 Å². The van der Waals surface area contributed by atoms with Gasteiger partial charge in [-0.05, 0) is 60.7 Å². The maximum atomic E-state index is 13.3. The Kier molecular flexibility index (Phi) is 5.61. The van der Waals surface area contributed by atoms with Crippen LogP contribution < -0.4 is 16.1 Å². The third-order valence-corrected chi connectivity index (χ3v) is 5.51. The van der Waals surface area contributed by atoms with Crippen molar-refractivity contribution in [2.45, 2.75) is 0 Å². The van der Waals surface area contributed by atoms with E-state index in [2.05, 4.69) is 10.6 Å². The molecular weight excluding hydrogens is 480 g/mol. The van der Waals surface area contributed by atoms with Crippen LogP contribution in [-0.2, 0) is 0 Å². The molecule has 1 heterocycles. The van der Waals surface area contributed by atoms with Crippen LogP contribution in [0.4, 0.5) is 11.4 Å². The lowest BCUT2D eigenvalue weighted by Gasteiger charge is -2.09. The van der Waals surface area contributed by atoms with Crippen molar-refractivity contribution in [3.05, 3.63) is 94.1 Å². The summed E-state index contributed by atoms with van der Waals surface area (Å²) in [5, 5.41) is 44.0. The Bertz CT molecular complexity index is 1620. The number of benzene rings is 4. The monoisotopic (exact) mass is 498 g/mol. The smallest absolute Gasteiger partial charge is 0.255 e. The number of rotatable bonds is 4. The van der Waals surface area contributed by atoms with Crippen molar-refractivity contribution >= 4 is 45.1 Å². The summed E-state index contributed by atoms with van der Waals surface area (Å²) in [7, 11) is 0. The molecular formula is C27H18N2O8. The zero-order valence-corrected chi connectivity index (χ0v) is 18.9. The van der Waals surface area contributed by atoms with Gasteiger partial charge >= 0.3 is 0 Å². The third-order valence-electron chi connectivity index (χ3n) is 5.51. The van der Waals surface area contributed by atoms with E-state index in [-0.39, 0.29) is 67.4 Å². The Balaban J connectivity index is 1.47. The number of carbonyl (C=O) groups excluding carboxylic acids is 2. The van der Waals surface area contributed by atoms with Crippen LogP contribution in [0.1, 0.15) is 20.7 Å². The number of phenolic OH excluding ortho intramolecular Hbond substituents is 4. The molecule has 0 radical (unpaired) electrons. The van der Waals surface area contributed by atoms with Gasteiger partial charge in [0.15, 0.2) is 0 Å². The molecule has 4 aromatic carbocycles. The fraction of sp³-hybridized carbons (Fsp3) is 0. The van der Waals surface area contributed by atoms with Crippen LogP contribution in [0.15, 0.2) is 82.0 Å². The predicted molar refractivity (Wildman–Crippen MR) is 135 cm³/mol. The van der Waals surface area contributed by atoms with Gasteiger partial charge in [-0.3, -0.25) is 14.4 Å². The molecule has 0 spiro atoms. The minimum absolute atomic E-state index is 0.0172. The van der Waals surface area contributed by atoms with Crippen LogP contribution >= 0.6 is 0 Å². The van der Waals surface area contributed by atoms with Gasteiger partial charge in [0.1, 0.15) is 34.2 Å². The quantitative estimate of drug-likeness (QED) is 0.200. The predicted octanol–water partition coefficient (Wildman–Crippen LogP) is 4.27. The largest absolute Gasteiger partial charge is 0.508 e. The van der Waals surface area contributed by atoms with Crippen molar-refractivity contribution in [3.63, 3.8) is 0 Å². The highest BCUT2D eigenvalue weighted by molar-refractivity contribution is 6.07. The van der Waals surface area contributed by atoms with Crippen molar-refractivity contribution in [3.8, 4) is 23.0 Å². The molecule has 0 bridgehead atoms. The number of aromatic hydroxyl groups is 4. The van der Waals surface area contributed by atoms with E-state index < -0.39 is 17.2 Å². The van der Waals surface area contributed by atoms with Gasteiger partial charge < -0.3 is 35.5 Å². The summed E-state index contributed by atoms with van der Waals surface area (Å²) in [5.41, 5.74) is 0.732. The first-order chi connectivity index (χ1) is 17.7. The molecule has 0 saturated heterocycles. The van der Waals surface area contributed by atoms with Gasteiger partial charge in [0, 0.05) is 34.6 Å². The average molecular weight is 498 g/mol. The molecule has 0 unspecified atom stereocenters. The molecule has 5 rings (SSSR count). The Labute approximate surface area is 207 Å². The van der Waals surface area contributed by atoms with Gasteiger partial charge in [-0.1, -0.05) is 0 Å². The molecule has 10 heteroatoms. The molecule has 0 atom stereocenters. The number of carbonyl (C=O) groups is 2. The van der Waals surface area contributed by atoms with Crippen molar-refractivity contribution in [1.29, 1.82) is 0 Å². The fourth-order valence-electron chi connectivity index (χ4n) is 3.87. The van der Waals surface area contributed by atoms with Crippen LogP contribution in [0.25, 0.3) is 21.9 Å². The normalized spacial score (nSPS) is 10.9. The van der Waals surface area contributed by atoms with E-state index in [1.807, 2.05) is 0 Å². The highest BCUT2D eigenvalue weighted by Gasteiger charge is 2.14. The second-order valence-electron chi connectivity index (χ2n) is 8.24. The average Bonchev–Trinajstić information content (AvgIpc) is 2.83. The zero-order valence-electron chi connectivity index (χ0n) is 18.9. The molecule has 184 valence electrons. The number of phenols is 4. The minimum atomic E-state index is -0.612. The minimum Gasteiger partial charge on any atom is -0.508 e. The van der Waals surface area contributed by atoms with Gasteiger partial charge in [0.05, 0.1) is 10.8 Å². The second-order valence-corrected chi connectivity index (χ2v) is 8.24. The first-order valence-corrected chi connectivity index (χ1v) is 10.9. The maximum Gasteiger partial charge on any atom is 0.255 e. The highest BCUT2D eigenvalue weighted by Crippen LogP contribution is 2.26. The van der Waals surface area contributed by atoms with E-state index in [0.717, 1.165) is 12.1 Å². The van der Waals surface area contributed by atoms with Gasteiger partial charge in [-0.25, -0.2) is 0 Å². The van der Waals surface area contributed by atoms with E-state index in [0.29, 0.717) is 0 Å². The lowest BCUT2D eigenvalue weighted by molar-refractivity contribution is 0.101. The number of amides is 2. The fourth-order valence-corrected chi connectivity index (χ4v) is 3.87. The molecule has 10 nitrogen and oxygen atoms in total. The molecule has 0 fully saturated rings. The van der Waals surface area contributed by atoms with Crippen LogP contribution in [0, 0.1) is 0 Å². The SMILES string of the molecule is O=C(Nc1ccc2oc3ccc(NC(=O)c4cc(O)cc(O)c4)cc3c(=O)c2c1)c1cc(O)cc(O)c1. The van der Waals surface area contributed by atoms with Crippen molar-refractivity contribution in [1.82, 2.24) is 0 Å². The zero-order chi connectivity index (χ0) is 26.3. The summed E-state index contributed by atoms with van der Waals surface area (Å²) in [6.45, 7) is 0. The van der Waals surface area contributed by atoms with Crippen LogP contribution in [0.5, 0.6) is 23.0 Å². The lowest BCUT2D eigenvalue weighted by Crippen LogP contribution is -2.13. The second kappa shape index (κ2) is 8.93. The van der Waals surface area contributed by atoms with Gasteiger partial charge in [0.2, 0.25) is 5.43 Å². The standard InChI is InChI=1S/C27H18N2O8/c30-17-5-13(6-18(31)11-17)26(35)28-15-1-3-23-21(9-15)25(34)22-10-16(2-4-24(22)37-23)29-27(36)14-7-19(32)12-20(33)8-14/h1-12,30-33H,(H,28,35)(H,29,36). The first-order valence-electron chi connectivity index (χ1n) is 10.9. The topological polar surface area (TPSA) is 169 Å². The molecule has 0 saturated carbocycles. The molecule has 0 aliphatic rings. The summed E-state index contributed by atoms with van der Waals surface area (Å²) in [5.74, 6) is -2.34. The van der Waals surface area contributed by atoms with Crippen molar-refractivity contribution < 1.29 is 34.4 Å². The lowest BCUT2D eigenvalue weighted by atomic mass is 10.1. The number of fused-ring (bicyclic) bond motifs is 2. The van der Waals surface area contributed by atoms with Gasteiger partial charge in [0.25, 0.3) is 11.8 Å². The molecule has 37 heavy (non-hydrogen) atoms. The highest BCUT2D eigenvalue weighted by atomic mass is 16.3. The first kappa shape index (κ1) is 23.2. The van der Waals surface area contributed by atoms with E-state index in [4.69, 9.17) is 4.42 Å². The Morgan fingerprint density at radius 1 is 0.568 bits per heavy atom. The summed E-state index contributed by atoms with van der Waals surface area (Å²) in [6.07, 6.45) is 0. The molecule has 2 amide bonds. The number of anilines is 2. The molecule has 0 aliphatic carbocycles. The Hall–Kier alpha value is -5.51. The van der Waals surface area contributed by atoms with Crippen molar-refractivity contribution in [2.24, 2.45) is 0 Å². The third kappa shape index (κ3) is 4.71. The van der Waals surface area contributed by atoms with E-state index in [9.17, 15) is 34.8 Å². The number of nitrogens with one attached hydrogen (secondary N) is 2. The van der Waals surface area contributed by atoms with Gasteiger partial charge in [-0.15, -0.1) is 0 Å². The van der Waals surface area contributed by atoms with E-state index >= 15 is 0 Å². The summed E-state index contributed by atoms with van der Waals surface area (Å²) in [6, 6.07) is 15.9.